The summed E-state index contributed by atoms with van der Waals surface area (Å²) in [5, 5.41) is 2.83. The maximum Gasteiger partial charge on any atom is 0.252 e. The minimum Gasteiger partial charge on any atom is -0.378 e. The predicted molar refractivity (Wildman–Crippen MR) is 94.6 cm³/mol. The van der Waals surface area contributed by atoms with Gasteiger partial charge < -0.3 is 16.0 Å². The van der Waals surface area contributed by atoms with Crippen LogP contribution in [0.5, 0.6) is 0 Å². The molecule has 5 heteroatoms. The highest BCUT2D eigenvalue weighted by molar-refractivity contribution is 5.95. The second-order valence-corrected chi connectivity index (χ2v) is 6.57. The molecular weight excluding hydrogens is 288 g/mol. The number of nitrogens with two attached hydrogens (primary N) is 1. The molecule has 0 fully saturated rings. The first-order valence-electron chi connectivity index (χ1n) is 7.56. The fraction of sp³-hybridized carbons (Fsp3) is 0.333. The fourth-order valence-corrected chi connectivity index (χ4v) is 2.08. The largest absolute Gasteiger partial charge is 0.378 e. The van der Waals surface area contributed by atoms with Crippen LogP contribution in [0.15, 0.2) is 42.7 Å². The first-order valence-corrected chi connectivity index (χ1v) is 7.56. The number of pyridine rings is 1. The highest BCUT2D eigenvalue weighted by atomic mass is 16.1. The van der Waals surface area contributed by atoms with Crippen LogP contribution in [-0.4, -0.2) is 37.1 Å². The van der Waals surface area contributed by atoms with E-state index in [0.717, 1.165) is 16.8 Å². The molecule has 23 heavy (non-hydrogen) atoms. The van der Waals surface area contributed by atoms with Crippen molar-refractivity contribution in [3.63, 3.8) is 0 Å². The maximum absolute atomic E-state index is 12.2. The molecule has 122 valence electrons. The lowest BCUT2D eigenvalue weighted by Crippen LogP contribution is -2.45. The summed E-state index contributed by atoms with van der Waals surface area (Å²) in [6.07, 6.45) is 3.32. The first kappa shape index (κ1) is 17.0. The van der Waals surface area contributed by atoms with E-state index >= 15 is 0 Å². The number of nitrogens with one attached hydrogen (secondary N) is 1. The molecular formula is C18H24N4O. The molecule has 0 saturated carbocycles. The molecule has 1 amide bonds. The van der Waals surface area contributed by atoms with E-state index in [2.05, 4.69) is 10.3 Å². The molecule has 0 unspecified atom stereocenters. The summed E-state index contributed by atoms with van der Waals surface area (Å²) >= 11 is 0. The average molecular weight is 312 g/mol. The van der Waals surface area contributed by atoms with Gasteiger partial charge in [0, 0.05) is 49.8 Å². The Hall–Kier alpha value is -2.40. The monoisotopic (exact) mass is 312 g/mol. The van der Waals surface area contributed by atoms with Crippen LogP contribution < -0.4 is 16.0 Å². The van der Waals surface area contributed by atoms with E-state index in [1.807, 2.05) is 63.2 Å². The van der Waals surface area contributed by atoms with Crippen molar-refractivity contribution in [3.05, 3.63) is 48.3 Å². The number of hydrogen-bond acceptors (Lipinski definition) is 4. The summed E-state index contributed by atoms with van der Waals surface area (Å²) in [5.41, 5.74) is 9.04. The highest BCUT2D eigenvalue weighted by Gasteiger charge is 2.14. The molecule has 2 rings (SSSR count). The summed E-state index contributed by atoms with van der Waals surface area (Å²) in [5.74, 6) is -0.164. The topological polar surface area (TPSA) is 71.2 Å². The van der Waals surface area contributed by atoms with Gasteiger partial charge in [-0.1, -0.05) is 12.1 Å². The standard InChI is InChI=1S/C18H24N4O/c1-18(2,19)12-21-17(23)15-9-14(10-20-11-15)13-5-7-16(8-6-13)22(3)4/h5-11H,12,19H2,1-4H3,(H,21,23). The Morgan fingerprint density at radius 2 is 1.83 bits per heavy atom. The average Bonchev–Trinajstić information content (AvgIpc) is 2.52. The molecule has 5 nitrogen and oxygen atoms in total. The molecule has 0 aliphatic carbocycles. The summed E-state index contributed by atoms with van der Waals surface area (Å²) in [6.45, 7) is 4.15. The van der Waals surface area contributed by atoms with Gasteiger partial charge in [0.1, 0.15) is 0 Å². The Morgan fingerprint density at radius 1 is 1.17 bits per heavy atom. The van der Waals surface area contributed by atoms with E-state index in [-0.39, 0.29) is 5.91 Å². The van der Waals surface area contributed by atoms with Gasteiger partial charge in [-0.2, -0.15) is 0 Å². The number of hydrogen-bond donors (Lipinski definition) is 2. The lowest BCUT2D eigenvalue weighted by Gasteiger charge is -2.18. The number of anilines is 1. The zero-order valence-corrected chi connectivity index (χ0v) is 14.1. The Bertz CT molecular complexity index is 672. The SMILES string of the molecule is CN(C)c1ccc(-c2cncc(C(=O)NCC(C)(C)N)c2)cc1. The minimum atomic E-state index is -0.442. The third-order valence-corrected chi connectivity index (χ3v) is 3.42. The second-order valence-electron chi connectivity index (χ2n) is 6.57. The summed E-state index contributed by atoms with van der Waals surface area (Å²) in [7, 11) is 4.00. The summed E-state index contributed by atoms with van der Waals surface area (Å²) < 4.78 is 0. The van der Waals surface area contributed by atoms with Crippen LogP contribution in [0.2, 0.25) is 0 Å². The van der Waals surface area contributed by atoms with Crippen molar-refractivity contribution in [1.82, 2.24) is 10.3 Å². The van der Waals surface area contributed by atoms with Crippen LogP contribution in [0.25, 0.3) is 11.1 Å². The van der Waals surface area contributed by atoms with Crippen LogP contribution in [0, 0.1) is 0 Å². The Balaban J connectivity index is 2.17. The smallest absolute Gasteiger partial charge is 0.252 e. The minimum absolute atomic E-state index is 0.164. The van der Waals surface area contributed by atoms with Gasteiger partial charge in [-0.15, -0.1) is 0 Å². The molecule has 3 N–H and O–H groups in total. The molecule has 0 saturated heterocycles. The van der Waals surface area contributed by atoms with Gasteiger partial charge >= 0.3 is 0 Å². The normalized spacial score (nSPS) is 11.2. The van der Waals surface area contributed by atoms with E-state index in [4.69, 9.17) is 5.73 Å². The Morgan fingerprint density at radius 3 is 2.39 bits per heavy atom. The van der Waals surface area contributed by atoms with Gasteiger partial charge in [0.2, 0.25) is 0 Å². The van der Waals surface area contributed by atoms with E-state index in [1.165, 1.54) is 0 Å². The highest BCUT2D eigenvalue weighted by Crippen LogP contribution is 2.22. The third kappa shape index (κ3) is 4.79. The van der Waals surface area contributed by atoms with Crippen molar-refractivity contribution in [2.75, 3.05) is 25.5 Å². The Labute approximate surface area is 137 Å². The molecule has 1 heterocycles. The van der Waals surface area contributed by atoms with Crippen molar-refractivity contribution in [3.8, 4) is 11.1 Å². The van der Waals surface area contributed by atoms with Crippen LogP contribution in [0.4, 0.5) is 5.69 Å². The van der Waals surface area contributed by atoms with Crippen LogP contribution >= 0.6 is 0 Å². The van der Waals surface area contributed by atoms with Gasteiger partial charge in [0.05, 0.1) is 5.56 Å². The van der Waals surface area contributed by atoms with Gasteiger partial charge in [-0.05, 0) is 37.6 Å². The van der Waals surface area contributed by atoms with Crippen LogP contribution in [0.3, 0.4) is 0 Å². The lowest BCUT2D eigenvalue weighted by atomic mass is 10.0. The Kier molecular flexibility index (Phi) is 5.01. The van der Waals surface area contributed by atoms with Gasteiger partial charge in [0.25, 0.3) is 5.91 Å². The molecule has 2 aromatic rings. The van der Waals surface area contributed by atoms with Crippen molar-refractivity contribution < 1.29 is 4.79 Å². The zero-order valence-electron chi connectivity index (χ0n) is 14.1. The number of carbonyl (C=O) groups excluding carboxylic acids is 1. The molecule has 0 aliphatic rings. The van der Waals surface area contributed by atoms with Crippen molar-refractivity contribution in [1.29, 1.82) is 0 Å². The predicted octanol–water partition coefficient (Wildman–Crippen LogP) is 2.28. The van der Waals surface area contributed by atoms with Crippen LogP contribution in [-0.2, 0) is 0 Å². The van der Waals surface area contributed by atoms with E-state index in [9.17, 15) is 4.79 Å². The first-order chi connectivity index (χ1) is 10.8. The van der Waals surface area contributed by atoms with Gasteiger partial charge in [-0.3, -0.25) is 9.78 Å². The molecule has 1 aromatic heterocycles. The molecule has 0 aliphatic heterocycles. The quantitative estimate of drug-likeness (QED) is 0.888. The van der Waals surface area contributed by atoms with Gasteiger partial charge in [0.15, 0.2) is 0 Å². The van der Waals surface area contributed by atoms with Crippen LogP contribution in [0.1, 0.15) is 24.2 Å². The molecule has 0 bridgehead atoms. The number of amides is 1. The number of nitrogens with zero attached hydrogens (tertiary/aromatic N) is 2. The number of benzene rings is 1. The van der Waals surface area contributed by atoms with E-state index < -0.39 is 5.54 Å². The second kappa shape index (κ2) is 6.79. The molecule has 1 aromatic carbocycles. The summed E-state index contributed by atoms with van der Waals surface area (Å²) in [6, 6.07) is 9.97. The third-order valence-electron chi connectivity index (χ3n) is 3.42. The molecule has 0 radical (unpaired) electrons. The van der Waals surface area contributed by atoms with E-state index in [1.54, 1.807) is 12.4 Å². The zero-order chi connectivity index (χ0) is 17.0. The molecule has 0 spiro atoms. The number of carbonyl (C=O) groups is 1. The van der Waals surface area contributed by atoms with Crippen molar-refractivity contribution in [2.24, 2.45) is 5.73 Å². The van der Waals surface area contributed by atoms with Gasteiger partial charge in [-0.25, -0.2) is 0 Å². The van der Waals surface area contributed by atoms with Crippen molar-refractivity contribution in [2.45, 2.75) is 19.4 Å². The van der Waals surface area contributed by atoms with Crippen molar-refractivity contribution >= 4 is 11.6 Å². The molecule has 0 atom stereocenters. The lowest BCUT2D eigenvalue weighted by molar-refractivity contribution is 0.0945. The number of aromatic nitrogens is 1. The number of rotatable bonds is 5. The fourth-order valence-electron chi connectivity index (χ4n) is 2.08. The van der Waals surface area contributed by atoms with E-state index in [0.29, 0.717) is 12.1 Å². The summed E-state index contributed by atoms with van der Waals surface area (Å²) in [4.78, 5) is 18.4. The maximum atomic E-state index is 12.2.